The molecule has 0 radical (unpaired) electrons. The van der Waals surface area contributed by atoms with E-state index in [1.165, 1.54) is 23.5 Å². The lowest BCUT2D eigenvalue weighted by molar-refractivity contribution is -0.384. The minimum atomic E-state index is -0.582. The van der Waals surface area contributed by atoms with Gasteiger partial charge in [0.15, 0.2) is 11.5 Å². The summed E-state index contributed by atoms with van der Waals surface area (Å²) < 4.78 is 11.1. The first-order valence-corrected chi connectivity index (χ1v) is 7.35. The summed E-state index contributed by atoms with van der Waals surface area (Å²) >= 11 is 4.61. The molecule has 21 heavy (non-hydrogen) atoms. The third kappa shape index (κ3) is 2.69. The summed E-state index contributed by atoms with van der Waals surface area (Å²) in [4.78, 5) is 22.6. The molecular weight excluding hydrogens is 364 g/mol. The third-order valence-corrected chi connectivity index (χ3v) is 4.27. The number of halogens is 1. The highest BCUT2D eigenvalue weighted by molar-refractivity contribution is 9.11. The number of carbonyl (C=O) groups excluding carboxylic acids is 1. The predicted octanol–water partition coefficient (Wildman–Crippen LogP) is 3.40. The van der Waals surface area contributed by atoms with Gasteiger partial charge < -0.3 is 14.8 Å². The Morgan fingerprint density at radius 1 is 1.33 bits per heavy atom. The van der Waals surface area contributed by atoms with E-state index in [0.717, 1.165) is 3.79 Å². The van der Waals surface area contributed by atoms with E-state index in [0.29, 0.717) is 11.3 Å². The first kappa shape index (κ1) is 13.8. The summed E-state index contributed by atoms with van der Waals surface area (Å²) in [5.74, 6) is 0.222. The van der Waals surface area contributed by atoms with Gasteiger partial charge in [-0.2, -0.15) is 0 Å². The van der Waals surface area contributed by atoms with Crippen LogP contribution in [0.15, 0.2) is 27.4 Å². The van der Waals surface area contributed by atoms with Crippen molar-refractivity contribution in [2.24, 2.45) is 0 Å². The van der Waals surface area contributed by atoms with Gasteiger partial charge >= 0.3 is 0 Å². The number of nitro benzene ring substituents is 1. The van der Waals surface area contributed by atoms with Gasteiger partial charge in [0.05, 0.1) is 20.3 Å². The largest absolute Gasteiger partial charge is 0.454 e. The molecule has 0 atom stereocenters. The second-order valence-electron chi connectivity index (χ2n) is 4.07. The van der Waals surface area contributed by atoms with E-state index in [9.17, 15) is 14.9 Å². The van der Waals surface area contributed by atoms with Crippen LogP contribution in [0, 0.1) is 10.1 Å². The zero-order valence-corrected chi connectivity index (χ0v) is 12.7. The fourth-order valence-corrected chi connectivity index (χ4v) is 2.94. The van der Waals surface area contributed by atoms with E-state index in [4.69, 9.17) is 9.47 Å². The van der Waals surface area contributed by atoms with Crippen LogP contribution in [0.5, 0.6) is 11.5 Å². The number of hydrogen-bond acceptors (Lipinski definition) is 6. The molecule has 0 bridgehead atoms. The summed E-state index contributed by atoms with van der Waals surface area (Å²) in [6.45, 7) is 0.00135. The van der Waals surface area contributed by atoms with Crippen molar-refractivity contribution in [3.8, 4) is 11.5 Å². The second kappa shape index (κ2) is 5.34. The zero-order chi connectivity index (χ0) is 15.0. The molecule has 0 fully saturated rings. The Morgan fingerprint density at radius 3 is 2.67 bits per heavy atom. The van der Waals surface area contributed by atoms with Crippen molar-refractivity contribution in [2.45, 2.75) is 0 Å². The maximum atomic E-state index is 12.1. The molecule has 9 heteroatoms. The molecule has 7 nitrogen and oxygen atoms in total. The Morgan fingerprint density at radius 2 is 2.05 bits per heavy atom. The van der Waals surface area contributed by atoms with E-state index in [-0.39, 0.29) is 23.9 Å². The van der Waals surface area contributed by atoms with Crippen LogP contribution in [0.2, 0.25) is 0 Å². The second-order valence-corrected chi connectivity index (χ2v) is 6.36. The molecule has 1 aromatic heterocycles. The van der Waals surface area contributed by atoms with Crippen molar-refractivity contribution < 1.29 is 19.2 Å². The molecule has 2 heterocycles. The number of rotatable bonds is 3. The highest BCUT2D eigenvalue weighted by Crippen LogP contribution is 2.40. The molecule has 108 valence electrons. The Balaban J connectivity index is 1.94. The lowest BCUT2D eigenvalue weighted by atomic mass is 10.2. The Labute approximate surface area is 130 Å². The number of nitrogens with one attached hydrogen (secondary N) is 1. The number of ether oxygens (including phenoxy) is 2. The van der Waals surface area contributed by atoms with Crippen molar-refractivity contribution in [1.82, 2.24) is 0 Å². The van der Waals surface area contributed by atoms with Gasteiger partial charge in [-0.25, -0.2) is 0 Å². The fourth-order valence-electron chi connectivity index (χ4n) is 1.81. The summed E-state index contributed by atoms with van der Waals surface area (Å²) in [6.07, 6.45) is 0. The van der Waals surface area contributed by atoms with Crippen molar-refractivity contribution in [1.29, 1.82) is 0 Å². The Kier molecular flexibility index (Phi) is 3.52. The summed E-state index contributed by atoms with van der Waals surface area (Å²) in [5.41, 5.74) is 0.234. The number of nitro groups is 1. The van der Waals surface area contributed by atoms with Crippen LogP contribution in [-0.2, 0) is 0 Å². The van der Waals surface area contributed by atoms with Crippen LogP contribution < -0.4 is 14.8 Å². The van der Waals surface area contributed by atoms with E-state index in [1.54, 1.807) is 11.4 Å². The van der Waals surface area contributed by atoms with E-state index in [1.807, 2.05) is 0 Å². The lowest BCUT2D eigenvalue weighted by Gasteiger charge is -2.06. The molecule has 0 aliphatic carbocycles. The molecular formula is C12H7BrN2O5S. The van der Waals surface area contributed by atoms with E-state index >= 15 is 0 Å². The van der Waals surface area contributed by atoms with Crippen molar-refractivity contribution >= 4 is 44.5 Å². The number of nitrogens with zero attached hydrogens (tertiary/aromatic N) is 1. The van der Waals surface area contributed by atoms with Gasteiger partial charge in [-0.05, 0) is 22.0 Å². The molecule has 2 aromatic rings. The maximum Gasteiger partial charge on any atom is 0.296 e. The molecule has 1 N–H and O–H groups in total. The average Bonchev–Trinajstić information content (AvgIpc) is 3.05. The van der Waals surface area contributed by atoms with Gasteiger partial charge in [0.2, 0.25) is 6.79 Å². The molecule has 0 saturated carbocycles. The standard InChI is InChI=1S/C12H7BrN2O5S/c13-11-1-6(4-21-11)12(16)14-7-2-9-10(20-5-19-9)3-8(7)15(17)18/h1-4H,5H2,(H,14,16). The molecule has 3 rings (SSSR count). The van der Waals surface area contributed by atoms with Gasteiger partial charge in [0, 0.05) is 11.4 Å². The van der Waals surface area contributed by atoms with Crippen LogP contribution in [0.4, 0.5) is 11.4 Å². The van der Waals surface area contributed by atoms with Gasteiger partial charge in [-0.15, -0.1) is 11.3 Å². The number of benzene rings is 1. The van der Waals surface area contributed by atoms with Gasteiger partial charge in [-0.3, -0.25) is 14.9 Å². The SMILES string of the molecule is O=C(Nc1cc2c(cc1[N+](=O)[O-])OCO2)c1csc(Br)c1. The molecule has 0 saturated heterocycles. The number of fused-ring (bicyclic) bond motifs is 1. The average molecular weight is 371 g/mol. The van der Waals surface area contributed by atoms with Gasteiger partial charge in [0.1, 0.15) is 5.69 Å². The highest BCUT2D eigenvalue weighted by atomic mass is 79.9. The van der Waals surface area contributed by atoms with E-state index in [2.05, 4.69) is 21.2 Å². The molecule has 1 aliphatic heterocycles. The Hall–Kier alpha value is -2.13. The van der Waals surface area contributed by atoms with Gasteiger partial charge in [0.25, 0.3) is 11.6 Å². The van der Waals surface area contributed by atoms with Crippen LogP contribution in [0.25, 0.3) is 0 Å². The normalized spacial score (nSPS) is 12.2. The van der Waals surface area contributed by atoms with Crippen molar-refractivity contribution in [3.63, 3.8) is 0 Å². The topological polar surface area (TPSA) is 90.7 Å². The number of carbonyl (C=O) groups is 1. The van der Waals surface area contributed by atoms with Crippen molar-refractivity contribution in [3.05, 3.63) is 43.0 Å². The molecule has 1 aromatic carbocycles. The van der Waals surface area contributed by atoms with Crippen molar-refractivity contribution in [2.75, 3.05) is 12.1 Å². The molecule has 0 spiro atoms. The number of amides is 1. The van der Waals surface area contributed by atoms with Crippen LogP contribution >= 0.6 is 27.3 Å². The smallest absolute Gasteiger partial charge is 0.296 e. The van der Waals surface area contributed by atoms with E-state index < -0.39 is 10.8 Å². The maximum absolute atomic E-state index is 12.1. The molecule has 1 aliphatic rings. The fraction of sp³-hybridized carbons (Fsp3) is 0.0833. The van der Waals surface area contributed by atoms with Crippen LogP contribution in [0.3, 0.4) is 0 Å². The highest BCUT2D eigenvalue weighted by Gasteiger charge is 2.24. The first-order valence-electron chi connectivity index (χ1n) is 5.68. The number of thiophene rings is 1. The quantitative estimate of drug-likeness (QED) is 0.660. The molecule has 0 unspecified atom stereocenters. The lowest BCUT2D eigenvalue weighted by Crippen LogP contribution is -2.12. The summed E-state index contributed by atoms with van der Waals surface area (Å²) in [7, 11) is 0. The summed E-state index contributed by atoms with van der Waals surface area (Å²) in [6, 6.07) is 4.26. The predicted molar refractivity (Wildman–Crippen MR) is 79.2 cm³/mol. The summed E-state index contributed by atoms with van der Waals surface area (Å²) in [5, 5.41) is 15.3. The minimum Gasteiger partial charge on any atom is -0.454 e. The zero-order valence-electron chi connectivity index (χ0n) is 10.3. The monoisotopic (exact) mass is 370 g/mol. The third-order valence-electron chi connectivity index (χ3n) is 2.77. The van der Waals surface area contributed by atoms with Crippen LogP contribution in [0.1, 0.15) is 10.4 Å². The minimum absolute atomic E-state index is 0.00135. The number of anilines is 1. The van der Waals surface area contributed by atoms with Gasteiger partial charge in [-0.1, -0.05) is 0 Å². The Bertz CT molecular complexity index is 745. The number of hydrogen-bond donors (Lipinski definition) is 1. The first-order chi connectivity index (χ1) is 10.0. The molecule has 1 amide bonds. The van der Waals surface area contributed by atoms with Crippen LogP contribution in [-0.4, -0.2) is 17.6 Å².